The molecule has 0 atom stereocenters. The van der Waals surface area contributed by atoms with Crippen LogP contribution < -0.4 is 5.32 Å². The Morgan fingerprint density at radius 1 is 1.17 bits per heavy atom. The standard InChI is InChI=1S/C16H14Cl2N4O/c17-12-4-5-13(18)11(9-12)10-16(23)19-7-6-15-21-20-14-3-1-2-8-22(14)15/h1-5,8-9H,6-7,10H2,(H,19,23). The molecule has 23 heavy (non-hydrogen) atoms. The van der Waals surface area contributed by atoms with E-state index in [2.05, 4.69) is 15.5 Å². The quantitative estimate of drug-likeness (QED) is 0.771. The van der Waals surface area contributed by atoms with Crippen LogP contribution in [0.5, 0.6) is 0 Å². The van der Waals surface area contributed by atoms with Crippen molar-refractivity contribution in [3.63, 3.8) is 0 Å². The minimum Gasteiger partial charge on any atom is -0.355 e. The normalized spacial score (nSPS) is 10.9. The van der Waals surface area contributed by atoms with Crippen molar-refractivity contribution in [2.45, 2.75) is 12.8 Å². The lowest BCUT2D eigenvalue weighted by atomic mass is 10.1. The van der Waals surface area contributed by atoms with E-state index in [1.165, 1.54) is 0 Å². The molecule has 3 aromatic rings. The highest BCUT2D eigenvalue weighted by molar-refractivity contribution is 6.33. The van der Waals surface area contributed by atoms with E-state index in [9.17, 15) is 4.79 Å². The van der Waals surface area contributed by atoms with Gasteiger partial charge in [-0.05, 0) is 35.9 Å². The maximum Gasteiger partial charge on any atom is 0.224 e. The molecule has 0 aliphatic heterocycles. The Hall–Kier alpha value is -2.11. The van der Waals surface area contributed by atoms with Gasteiger partial charge in [-0.15, -0.1) is 10.2 Å². The number of amides is 1. The van der Waals surface area contributed by atoms with Crippen molar-refractivity contribution in [2.24, 2.45) is 0 Å². The fourth-order valence-corrected chi connectivity index (χ4v) is 2.67. The minimum absolute atomic E-state index is 0.108. The van der Waals surface area contributed by atoms with E-state index in [0.29, 0.717) is 28.6 Å². The van der Waals surface area contributed by atoms with Gasteiger partial charge in [-0.3, -0.25) is 9.20 Å². The molecular formula is C16H14Cl2N4O. The number of fused-ring (bicyclic) bond motifs is 1. The highest BCUT2D eigenvalue weighted by Crippen LogP contribution is 2.20. The molecule has 0 unspecified atom stereocenters. The summed E-state index contributed by atoms with van der Waals surface area (Å²) in [4.78, 5) is 12.0. The third-order valence-electron chi connectivity index (χ3n) is 3.41. The number of carbonyl (C=O) groups excluding carboxylic acids is 1. The second-order valence-electron chi connectivity index (χ2n) is 5.06. The summed E-state index contributed by atoms with van der Waals surface area (Å²) in [6.07, 6.45) is 2.69. The number of halogens is 2. The molecule has 0 saturated carbocycles. The smallest absolute Gasteiger partial charge is 0.224 e. The average Bonchev–Trinajstić information content (AvgIpc) is 2.94. The summed E-state index contributed by atoms with van der Waals surface area (Å²) < 4.78 is 1.90. The molecule has 1 aromatic carbocycles. The summed E-state index contributed by atoms with van der Waals surface area (Å²) in [6, 6.07) is 10.8. The van der Waals surface area contributed by atoms with Gasteiger partial charge in [-0.2, -0.15) is 0 Å². The topological polar surface area (TPSA) is 59.3 Å². The second kappa shape index (κ2) is 6.98. The molecule has 0 aliphatic carbocycles. The van der Waals surface area contributed by atoms with Crippen LogP contribution in [0.4, 0.5) is 0 Å². The second-order valence-corrected chi connectivity index (χ2v) is 5.90. The van der Waals surface area contributed by atoms with E-state index in [-0.39, 0.29) is 12.3 Å². The molecule has 5 nitrogen and oxygen atoms in total. The Balaban J connectivity index is 1.56. The van der Waals surface area contributed by atoms with Gasteiger partial charge in [0.05, 0.1) is 6.42 Å². The lowest BCUT2D eigenvalue weighted by Crippen LogP contribution is -2.27. The van der Waals surface area contributed by atoms with Gasteiger partial charge in [-0.1, -0.05) is 29.3 Å². The zero-order valence-electron chi connectivity index (χ0n) is 12.2. The van der Waals surface area contributed by atoms with Crippen LogP contribution in [-0.4, -0.2) is 27.0 Å². The van der Waals surface area contributed by atoms with Gasteiger partial charge in [0.25, 0.3) is 0 Å². The highest BCUT2D eigenvalue weighted by Gasteiger charge is 2.09. The molecule has 0 aliphatic rings. The molecule has 7 heteroatoms. The third-order valence-corrected chi connectivity index (χ3v) is 4.02. The monoisotopic (exact) mass is 348 g/mol. The molecule has 1 N–H and O–H groups in total. The lowest BCUT2D eigenvalue weighted by molar-refractivity contribution is -0.120. The van der Waals surface area contributed by atoms with Gasteiger partial charge in [-0.25, -0.2) is 0 Å². The van der Waals surface area contributed by atoms with Crippen LogP contribution in [0.1, 0.15) is 11.4 Å². The van der Waals surface area contributed by atoms with Crippen molar-refractivity contribution >= 4 is 34.8 Å². The van der Waals surface area contributed by atoms with Crippen LogP contribution in [0.25, 0.3) is 5.65 Å². The number of benzene rings is 1. The molecular weight excluding hydrogens is 335 g/mol. The summed E-state index contributed by atoms with van der Waals surface area (Å²) in [7, 11) is 0. The lowest BCUT2D eigenvalue weighted by Gasteiger charge is -2.06. The molecule has 0 spiro atoms. The maximum absolute atomic E-state index is 12.0. The SMILES string of the molecule is O=C(Cc1cc(Cl)ccc1Cl)NCCc1nnc2ccccn12. The van der Waals surface area contributed by atoms with Crippen molar-refractivity contribution in [3.8, 4) is 0 Å². The molecule has 3 rings (SSSR count). The van der Waals surface area contributed by atoms with Crippen LogP contribution in [0, 0.1) is 0 Å². The van der Waals surface area contributed by atoms with Crippen LogP contribution in [0.3, 0.4) is 0 Å². The molecule has 0 fully saturated rings. The van der Waals surface area contributed by atoms with Crippen LogP contribution in [0.2, 0.25) is 10.0 Å². The Morgan fingerprint density at radius 3 is 2.91 bits per heavy atom. The number of aromatic nitrogens is 3. The van der Waals surface area contributed by atoms with E-state index in [1.807, 2.05) is 28.8 Å². The number of hydrogen-bond acceptors (Lipinski definition) is 3. The summed E-state index contributed by atoms with van der Waals surface area (Å²) in [5, 5.41) is 12.2. The van der Waals surface area contributed by atoms with E-state index in [0.717, 1.165) is 11.5 Å². The molecule has 0 radical (unpaired) electrons. The summed E-state index contributed by atoms with van der Waals surface area (Å²) in [6.45, 7) is 0.479. The zero-order valence-corrected chi connectivity index (χ0v) is 13.7. The predicted molar refractivity (Wildman–Crippen MR) is 89.9 cm³/mol. The first kappa shape index (κ1) is 15.8. The molecule has 1 amide bonds. The van der Waals surface area contributed by atoms with Crippen LogP contribution >= 0.6 is 23.2 Å². The number of rotatable bonds is 5. The van der Waals surface area contributed by atoms with Crippen molar-refractivity contribution in [3.05, 3.63) is 64.0 Å². The maximum atomic E-state index is 12.0. The summed E-state index contributed by atoms with van der Waals surface area (Å²) in [5.74, 6) is 0.699. The summed E-state index contributed by atoms with van der Waals surface area (Å²) in [5.41, 5.74) is 1.50. The van der Waals surface area contributed by atoms with Gasteiger partial charge in [0.1, 0.15) is 5.82 Å². The molecule has 118 valence electrons. The number of nitrogens with zero attached hydrogens (tertiary/aromatic N) is 3. The van der Waals surface area contributed by atoms with Crippen molar-refractivity contribution in [2.75, 3.05) is 6.54 Å². The molecule has 0 bridgehead atoms. The van der Waals surface area contributed by atoms with Crippen molar-refractivity contribution < 1.29 is 4.79 Å². The minimum atomic E-state index is -0.108. The zero-order chi connectivity index (χ0) is 16.2. The van der Waals surface area contributed by atoms with Crippen LogP contribution in [-0.2, 0) is 17.6 Å². The van der Waals surface area contributed by atoms with Crippen molar-refractivity contribution in [1.29, 1.82) is 0 Å². The Morgan fingerprint density at radius 2 is 2.04 bits per heavy atom. The Kier molecular flexibility index (Phi) is 4.79. The van der Waals surface area contributed by atoms with E-state index < -0.39 is 0 Å². The van der Waals surface area contributed by atoms with E-state index in [4.69, 9.17) is 23.2 Å². The highest BCUT2D eigenvalue weighted by atomic mass is 35.5. The van der Waals surface area contributed by atoms with Gasteiger partial charge in [0.2, 0.25) is 5.91 Å². The fraction of sp³-hybridized carbons (Fsp3) is 0.188. The van der Waals surface area contributed by atoms with Gasteiger partial charge < -0.3 is 5.32 Å². The number of hydrogen-bond donors (Lipinski definition) is 1. The molecule has 2 heterocycles. The average molecular weight is 349 g/mol. The van der Waals surface area contributed by atoms with E-state index >= 15 is 0 Å². The Bertz CT molecular complexity index is 847. The first-order chi connectivity index (χ1) is 11.1. The van der Waals surface area contributed by atoms with Gasteiger partial charge >= 0.3 is 0 Å². The first-order valence-electron chi connectivity index (χ1n) is 7.13. The largest absolute Gasteiger partial charge is 0.355 e. The summed E-state index contributed by atoms with van der Waals surface area (Å²) >= 11 is 12.0. The van der Waals surface area contributed by atoms with Crippen LogP contribution in [0.15, 0.2) is 42.6 Å². The number of pyridine rings is 1. The third kappa shape index (κ3) is 3.81. The predicted octanol–water partition coefficient (Wildman–Crippen LogP) is 2.94. The van der Waals surface area contributed by atoms with Crippen molar-refractivity contribution in [1.82, 2.24) is 19.9 Å². The van der Waals surface area contributed by atoms with Gasteiger partial charge in [0, 0.05) is 29.2 Å². The first-order valence-corrected chi connectivity index (χ1v) is 7.88. The number of carbonyl (C=O) groups is 1. The Labute approximate surface area is 143 Å². The molecule has 2 aromatic heterocycles. The fourth-order valence-electron chi connectivity index (χ4n) is 2.29. The van der Waals surface area contributed by atoms with E-state index in [1.54, 1.807) is 18.2 Å². The number of nitrogens with one attached hydrogen (secondary N) is 1. The van der Waals surface area contributed by atoms with Gasteiger partial charge in [0.15, 0.2) is 5.65 Å². The molecule has 0 saturated heterocycles.